The van der Waals surface area contributed by atoms with Gasteiger partial charge in [-0.05, 0) is 80.4 Å². The van der Waals surface area contributed by atoms with Gasteiger partial charge in [-0.15, -0.1) is 0 Å². The topological polar surface area (TPSA) is 17.0 Å². The van der Waals surface area contributed by atoms with Gasteiger partial charge in [0, 0.05) is 35.7 Å². The van der Waals surface area contributed by atoms with Crippen LogP contribution in [0.25, 0.3) is 10.9 Å². The molecule has 2 nitrogen and oxygen atoms in total. The largest absolute Gasteiger partial charge is 0.343 e. The number of hydrogen-bond acceptors (Lipinski definition) is 1. The van der Waals surface area contributed by atoms with E-state index in [4.69, 9.17) is 0 Å². The Morgan fingerprint density at radius 2 is 1.55 bits per heavy atom. The van der Waals surface area contributed by atoms with Crippen molar-refractivity contribution in [2.45, 2.75) is 64.1 Å². The van der Waals surface area contributed by atoms with E-state index in [1.54, 1.807) is 0 Å². The second kappa shape index (κ2) is 6.74. The number of hydrogen-bond donors (Lipinski definition) is 1. The summed E-state index contributed by atoms with van der Waals surface area (Å²) >= 11 is 0. The molecule has 4 saturated carbocycles. The van der Waals surface area contributed by atoms with Gasteiger partial charge in [0.1, 0.15) is 0 Å². The monoisotopic (exact) mass is 384 g/mol. The first kappa shape index (κ1) is 17.8. The molecule has 0 spiro atoms. The molecular weight excluding hydrogens is 352 g/mol. The van der Waals surface area contributed by atoms with Gasteiger partial charge < -0.3 is 9.88 Å². The van der Waals surface area contributed by atoms with Gasteiger partial charge in [-0.3, -0.25) is 0 Å². The lowest BCUT2D eigenvalue weighted by molar-refractivity contribution is -0.0205. The SMILES string of the molecule is Cc1ccc(Cn2cc(CNC34CC5CC(CC(C5)C3)C4)c3ccccc32)cc1. The molecule has 0 saturated heterocycles. The van der Waals surface area contributed by atoms with Crippen molar-refractivity contribution in [3.8, 4) is 0 Å². The Morgan fingerprint density at radius 3 is 2.24 bits per heavy atom. The van der Waals surface area contributed by atoms with Crippen molar-refractivity contribution in [2.24, 2.45) is 17.8 Å². The molecule has 4 aliphatic carbocycles. The quantitative estimate of drug-likeness (QED) is 0.566. The van der Waals surface area contributed by atoms with Crippen molar-refractivity contribution in [1.82, 2.24) is 9.88 Å². The summed E-state index contributed by atoms with van der Waals surface area (Å²) in [6, 6.07) is 17.9. The Labute approximate surface area is 174 Å². The first-order chi connectivity index (χ1) is 14.2. The van der Waals surface area contributed by atoms with Crippen LogP contribution in [-0.2, 0) is 13.1 Å². The van der Waals surface area contributed by atoms with Crippen LogP contribution in [0.5, 0.6) is 0 Å². The van der Waals surface area contributed by atoms with E-state index in [1.165, 1.54) is 66.1 Å². The molecule has 0 aliphatic heterocycles. The number of benzene rings is 2. The molecule has 3 aromatic rings. The number of aromatic nitrogens is 1. The molecule has 0 radical (unpaired) electrons. The number of para-hydroxylation sites is 1. The molecule has 29 heavy (non-hydrogen) atoms. The highest BCUT2D eigenvalue weighted by molar-refractivity contribution is 5.84. The van der Waals surface area contributed by atoms with Crippen LogP contribution < -0.4 is 5.32 Å². The Kier molecular flexibility index (Phi) is 4.13. The molecule has 1 N–H and O–H groups in total. The molecular formula is C27H32N2. The molecule has 4 bridgehead atoms. The molecule has 4 fully saturated rings. The first-order valence-electron chi connectivity index (χ1n) is 11.5. The van der Waals surface area contributed by atoms with Gasteiger partial charge in [-0.25, -0.2) is 0 Å². The molecule has 1 heterocycles. The Hall–Kier alpha value is -2.06. The van der Waals surface area contributed by atoms with Crippen LogP contribution in [0.1, 0.15) is 55.2 Å². The average molecular weight is 385 g/mol. The van der Waals surface area contributed by atoms with E-state index in [2.05, 4.69) is 71.5 Å². The molecule has 150 valence electrons. The highest BCUT2D eigenvalue weighted by Gasteiger charge is 2.50. The normalized spacial score (nSPS) is 30.3. The zero-order valence-corrected chi connectivity index (χ0v) is 17.5. The van der Waals surface area contributed by atoms with Crippen molar-refractivity contribution in [2.75, 3.05) is 0 Å². The Morgan fingerprint density at radius 1 is 0.897 bits per heavy atom. The molecule has 0 amide bonds. The van der Waals surface area contributed by atoms with Crippen LogP contribution in [0.3, 0.4) is 0 Å². The fourth-order valence-electron chi connectivity index (χ4n) is 7.09. The summed E-state index contributed by atoms with van der Waals surface area (Å²) in [4.78, 5) is 0. The summed E-state index contributed by atoms with van der Waals surface area (Å²) in [6.07, 6.45) is 11.2. The second-order valence-corrected chi connectivity index (χ2v) is 10.3. The first-order valence-corrected chi connectivity index (χ1v) is 11.5. The van der Waals surface area contributed by atoms with E-state index < -0.39 is 0 Å². The smallest absolute Gasteiger partial charge is 0.0486 e. The second-order valence-electron chi connectivity index (χ2n) is 10.3. The minimum atomic E-state index is 0.426. The molecule has 1 aromatic heterocycles. The van der Waals surface area contributed by atoms with Crippen molar-refractivity contribution in [3.63, 3.8) is 0 Å². The predicted octanol–water partition coefficient (Wildman–Crippen LogP) is 6.06. The van der Waals surface area contributed by atoms with E-state index in [0.29, 0.717) is 5.54 Å². The summed E-state index contributed by atoms with van der Waals surface area (Å²) in [5.74, 6) is 2.99. The van der Waals surface area contributed by atoms with E-state index in [9.17, 15) is 0 Å². The van der Waals surface area contributed by atoms with E-state index in [-0.39, 0.29) is 0 Å². The summed E-state index contributed by atoms with van der Waals surface area (Å²) < 4.78 is 2.44. The maximum absolute atomic E-state index is 4.11. The fourth-order valence-corrected chi connectivity index (χ4v) is 7.09. The Bertz CT molecular complexity index is 991. The third-order valence-corrected chi connectivity index (χ3v) is 8.04. The van der Waals surface area contributed by atoms with Crippen LogP contribution >= 0.6 is 0 Å². The lowest BCUT2D eigenvalue weighted by Gasteiger charge is -2.57. The lowest BCUT2D eigenvalue weighted by atomic mass is 9.53. The highest BCUT2D eigenvalue weighted by Crippen LogP contribution is 2.55. The summed E-state index contributed by atoms with van der Waals surface area (Å²) in [7, 11) is 0. The van der Waals surface area contributed by atoms with E-state index in [1.807, 2.05) is 0 Å². The summed E-state index contributed by atoms with van der Waals surface area (Å²) in [6.45, 7) is 4.11. The number of nitrogens with one attached hydrogen (secondary N) is 1. The molecule has 7 rings (SSSR count). The number of aryl methyl sites for hydroxylation is 1. The third-order valence-electron chi connectivity index (χ3n) is 8.04. The molecule has 2 aromatic carbocycles. The van der Waals surface area contributed by atoms with Crippen LogP contribution in [-0.4, -0.2) is 10.1 Å². The van der Waals surface area contributed by atoms with E-state index >= 15 is 0 Å². The van der Waals surface area contributed by atoms with Gasteiger partial charge in [0.25, 0.3) is 0 Å². The molecule has 2 heteroatoms. The molecule has 4 aliphatic rings. The van der Waals surface area contributed by atoms with E-state index in [0.717, 1.165) is 30.8 Å². The van der Waals surface area contributed by atoms with Gasteiger partial charge in [0.05, 0.1) is 0 Å². The van der Waals surface area contributed by atoms with Crippen molar-refractivity contribution in [3.05, 3.63) is 71.4 Å². The summed E-state index contributed by atoms with van der Waals surface area (Å²) in [5, 5.41) is 5.52. The summed E-state index contributed by atoms with van der Waals surface area (Å²) in [5.41, 5.74) is 5.94. The number of fused-ring (bicyclic) bond motifs is 1. The zero-order chi connectivity index (χ0) is 19.4. The zero-order valence-electron chi connectivity index (χ0n) is 17.5. The minimum absolute atomic E-state index is 0.426. The van der Waals surface area contributed by atoms with Gasteiger partial charge >= 0.3 is 0 Å². The van der Waals surface area contributed by atoms with Crippen molar-refractivity contribution in [1.29, 1.82) is 0 Å². The highest BCUT2D eigenvalue weighted by atomic mass is 15.0. The van der Waals surface area contributed by atoms with Gasteiger partial charge in [-0.1, -0.05) is 48.0 Å². The van der Waals surface area contributed by atoms with Gasteiger partial charge in [-0.2, -0.15) is 0 Å². The van der Waals surface area contributed by atoms with Crippen LogP contribution in [0.15, 0.2) is 54.7 Å². The van der Waals surface area contributed by atoms with Crippen molar-refractivity contribution >= 4 is 10.9 Å². The van der Waals surface area contributed by atoms with Crippen molar-refractivity contribution < 1.29 is 0 Å². The number of rotatable bonds is 5. The average Bonchev–Trinajstić information content (AvgIpc) is 3.05. The number of nitrogens with zero attached hydrogens (tertiary/aromatic N) is 1. The van der Waals surface area contributed by atoms with Crippen LogP contribution in [0.4, 0.5) is 0 Å². The predicted molar refractivity (Wildman–Crippen MR) is 120 cm³/mol. The Balaban J connectivity index is 1.26. The lowest BCUT2D eigenvalue weighted by Crippen LogP contribution is -2.58. The minimum Gasteiger partial charge on any atom is -0.343 e. The standard InChI is InChI=1S/C27H32N2/c1-19-6-8-20(9-7-19)17-29-18-24(25-4-2-3-5-26(25)29)16-28-27-13-21-10-22(14-27)12-23(11-21)15-27/h2-9,18,21-23,28H,10-17H2,1H3. The van der Waals surface area contributed by atoms with Crippen LogP contribution in [0.2, 0.25) is 0 Å². The molecule has 0 unspecified atom stereocenters. The van der Waals surface area contributed by atoms with Gasteiger partial charge in [0.15, 0.2) is 0 Å². The fraction of sp³-hybridized carbons (Fsp3) is 0.481. The van der Waals surface area contributed by atoms with Crippen LogP contribution in [0, 0.1) is 24.7 Å². The molecule has 0 atom stereocenters. The maximum atomic E-state index is 4.11. The maximum Gasteiger partial charge on any atom is 0.0486 e. The van der Waals surface area contributed by atoms with Gasteiger partial charge in [0.2, 0.25) is 0 Å². The third kappa shape index (κ3) is 3.22.